The van der Waals surface area contributed by atoms with E-state index in [2.05, 4.69) is 0 Å². The number of halogens is 6. The van der Waals surface area contributed by atoms with Crippen molar-refractivity contribution in [1.82, 2.24) is 0 Å². The van der Waals surface area contributed by atoms with E-state index in [1.54, 1.807) is 13.8 Å². The Morgan fingerprint density at radius 1 is 0.636 bits per heavy atom. The van der Waals surface area contributed by atoms with Crippen LogP contribution in [0.1, 0.15) is 78.1 Å². The first kappa shape index (κ1) is 28.7. The Balaban J connectivity index is 2.14. The van der Waals surface area contributed by atoms with Gasteiger partial charge < -0.3 is 19.7 Å². The fourth-order valence-electron chi connectivity index (χ4n) is 5.52. The maximum Gasteiger partial charge on any atom is 0.403 e. The summed E-state index contributed by atoms with van der Waals surface area (Å²) >= 11 is 0. The van der Waals surface area contributed by atoms with E-state index in [0.717, 1.165) is 0 Å². The Hall–Kier alpha value is -0.580. The number of hydrogen-bond donors (Lipinski definition) is 2. The van der Waals surface area contributed by atoms with Gasteiger partial charge in [-0.05, 0) is 76.0 Å². The molecule has 0 bridgehead atoms. The fourth-order valence-corrected chi connectivity index (χ4v) is 5.52. The summed E-state index contributed by atoms with van der Waals surface area (Å²) in [7, 11) is 0. The van der Waals surface area contributed by atoms with Gasteiger partial charge in [-0.2, -0.15) is 26.3 Å². The molecule has 2 aliphatic carbocycles. The lowest BCUT2D eigenvalue weighted by atomic mass is 9.57. The predicted octanol–water partition coefficient (Wildman–Crippen LogP) is 5.79. The lowest BCUT2D eigenvalue weighted by Gasteiger charge is -2.51. The van der Waals surface area contributed by atoms with Gasteiger partial charge in [-0.1, -0.05) is 13.8 Å². The summed E-state index contributed by atoms with van der Waals surface area (Å²) in [5.41, 5.74) is -3.75. The second kappa shape index (κ2) is 11.9. The highest BCUT2D eigenvalue weighted by Gasteiger charge is 2.76. The summed E-state index contributed by atoms with van der Waals surface area (Å²) in [5.74, 6) is -3.12. The molecule has 0 aromatic rings. The van der Waals surface area contributed by atoms with Crippen LogP contribution < -0.4 is 0 Å². The monoisotopic (exact) mass is 492 g/mol. The zero-order chi connectivity index (χ0) is 24.9. The zero-order valence-corrected chi connectivity index (χ0v) is 19.4. The van der Waals surface area contributed by atoms with Crippen molar-refractivity contribution < 1.29 is 46.0 Å². The Bertz CT molecular complexity index is 516. The SMILES string of the molecule is CCC(O)COC1CCC(C(C2CCC(OCC(O)CC)CC2)(C(F)(F)F)C(F)(F)F)CC1. The first-order valence-electron chi connectivity index (χ1n) is 12.1. The van der Waals surface area contributed by atoms with Crippen LogP contribution in [0.4, 0.5) is 26.3 Å². The van der Waals surface area contributed by atoms with Crippen molar-refractivity contribution in [3.05, 3.63) is 0 Å². The molecule has 0 heterocycles. The van der Waals surface area contributed by atoms with Gasteiger partial charge in [-0.15, -0.1) is 0 Å². The van der Waals surface area contributed by atoms with Crippen molar-refractivity contribution in [2.75, 3.05) is 13.2 Å². The number of alkyl halides is 6. The van der Waals surface area contributed by atoms with E-state index in [1.165, 1.54) is 0 Å². The molecule has 2 rings (SSSR count). The average molecular weight is 493 g/mol. The van der Waals surface area contributed by atoms with Crippen LogP contribution in [0, 0.1) is 17.3 Å². The molecule has 10 heteroatoms. The number of rotatable bonds is 10. The molecule has 196 valence electrons. The first-order chi connectivity index (χ1) is 15.4. The molecule has 2 atom stereocenters. The first-order valence-corrected chi connectivity index (χ1v) is 12.1. The van der Waals surface area contributed by atoms with Crippen LogP contribution in [0.5, 0.6) is 0 Å². The smallest absolute Gasteiger partial charge is 0.391 e. The zero-order valence-electron chi connectivity index (χ0n) is 19.4. The van der Waals surface area contributed by atoms with Gasteiger partial charge in [0.05, 0.1) is 37.6 Å². The van der Waals surface area contributed by atoms with E-state index >= 15 is 0 Å². The molecule has 33 heavy (non-hydrogen) atoms. The van der Waals surface area contributed by atoms with E-state index in [0.29, 0.717) is 12.8 Å². The van der Waals surface area contributed by atoms with Gasteiger partial charge >= 0.3 is 12.4 Å². The maximum absolute atomic E-state index is 14.4. The minimum atomic E-state index is -5.42. The highest BCUT2D eigenvalue weighted by Crippen LogP contribution is 2.64. The third kappa shape index (κ3) is 6.76. The molecule has 0 saturated heterocycles. The van der Waals surface area contributed by atoms with Crippen molar-refractivity contribution >= 4 is 0 Å². The largest absolute Gasteiger partial charge is 0.403 e. The van der Waals surface area contributed by atoms with Gasteiger partial charge in [0.15, 0.2) is 5.41 Å². The van der Waals surface area contributed by atoms with Crippen LogP contribution in [0.25, 0.3) is 0 Å². The Morgan fingerprint density at radius 3 is 1.18 bits per heavy atom. The molecule has 2 fully saturated rings. The Morgan fingerprint density at radius 2 is 0.939 bits per heavy atom. The number of aliphatic hydroxyl groups is 2. The molecule has 0 amide bonds. The van der Waals surface area contributed by atoms with Gasteiger partial charge in [-0.3, -0.25) is 0 Å². The normalized spacial score (nSPS) is 29.6. The number of hydrogen-bond acceptors (Lipinski definition) is 4. The Labute approximate surface area is 192 Å². The highest BCUT2D eigenvalue weighted by atomic mass is 19.4. The molecule has 2 unspecified atom stereocenters. The van der Waals surface area contributed by atoms with Crippen LogP contribution in [-0.4, -0.2) is 60.2 Å². The van der Waals surface area contributed by atoms with Gasteiger partial charge in [0.1, 0.15) is 0 Å². The standard InChI is InChI=1S/C23H38F6O4/c1-3-17(30)13-32-19-9-5-15(6-10-19)21(22(24,25)26,23(27,28)29)16-7-11-20(12-8-16)33-14-18(31)4-2/h15-20,30-31H,3-14H2,1-2H3. The predicted molar refractivity (Wildman–Crippen MR) is 111 cm³/mol. The van der Waals surface area contributed by atoms with Crippen LogP contribution in [-0.2, 0) is 9.47 Å². The minimum absolute atomic E-state index is 0.0340. The third-order valence-electron chi connectivity index (χ3n) is 7.57. The molecule has 0 aromatic carbocycles. The van der Waals surface area contributed by atoms with E-state index < -0.39 is 54.0 Å². The second-order valence-electron chi connectivity index (χ2n) is 9.60. The van der Waals surface area contributed by atoms with Crippen molar-refractivity contribution in [3.63, 3.8) is 0 Å². The van der Waals surface area contributed by atoms with Gasteiger partial charge in [0.25, 0.3) is 0 Å². The van der Waals surface area contributed by atoms with Crippen molar-refractivity contribution in [2.24, 2.45) is 17.3 Å². The maximum atomic E-state index is 14.4. The van der Waals surface area contributed by atoms with Crippen molar-refractivity contribution in [3.8, 4) is 0 Å². The summed E-state index contributed by atoms with van der Waals surface area (Å²) in [6, 6.07) is 0. The molecular formula is C23H38F6O4. The van der Waals surface area contributed by atoms with Crippen LogP contribution in [0.3, 0.4) is 0 Å². The van der Waals surface area contributed by atoms with Crippen LogP contribution in [0.2, 0.25) is 0 Å². The van der Waals surface area contributed by atoms with Crippen molar-refractivity contribution in [2.45, 2.75) is 115 Å². The number of ether oxygens (including phenoxy) is 2. The molecule has 0 radical (unpaired) electrons. The molecule has 2 saturated carbocycles. The van der Waals surface area contributed by atoms with Gasteiger partial charge in [0, 0.05) is 0 Å². The van der Waals surface area contributed by atoms with Crippen LogP contribution >= 0.6 is 0 Å². The molecular weight excluding hydrogens is 454 g/mol. The highest BCUT2D eigenvalue weighted by molar-refractivity contribution is 5.05. The van der Waals surface area contributed by atoms with Gasteiger partial charge in [0.2, 0.25) is 0 Å². The quantitative estimate of drug-likeness (QED) is 0.379. The molecule has 0 aliphatic heterocycles. The molecule has 0 spiro atoms. The molecule has 2 N–H and O–H groups in total. The second-order valence-corrected chi connectivity index (χ2v) is 9.60. The Kier molecular flexibility index (Phi) is 10.3. The number of aliphatic hydroxyl groups excluding tert-OH is 2. The summed E-state index contributed by atoms with van der Waals surface area (Å²) in [4.78, 5) is 0. The topological polar surface area (TPSA) is 58.9 Å². The molecule has 4 nitrogen and oxygen atoms in total. The van der Waals surface area contributed by atoms with Crippen molar-refractivity contribution in [1.29, 1.82) is 0 Å². The van der Waals surface area contributed by atoms with Gasteiger partial charge in [-0.25, -0.2) is 0 Å². The third-order valence-corrected chi connectivity index (χ3v) is 7.57. The molecule has 0 aromatic heterocycles. The lowest BCUT2D eigenvalue weighted by molar-refractivity contribution is -0.383. The minimum Gasteiger partial charge on any atom is -0.391 e. The lowest BCUT2D eigenvalue weighted by Crippen LogP contribution is -2.61. The molecule has 2 aliphatic rings. The average Bonchev–Trinajstić information content (AvgIpc) is 2.75. The van der Waals surface area contributed by atoms with E-state index in [9.17, 15) is 36.6 Å². The summed E-state index contributed by atoms with van der Waals surface area (Å²) < 4.78 is 97.4. The summed E-state index contributed by atoms with van der Waals surface area (Å²) in [6.07, 6.45) is -12.6. The van der Waals surface area contributed by atoms with Crippen LogP contribution in [0.15, 0.2) is 0 Å². The van der Waals surface area contributed by atoms with E-state index in [-0.39, 0.29) is 64.6 Å². The summed E-state index contributed by atoms with van der Waals surface area (Å²) in [6.45, 7) is 3.59. The van der Waals surface area contributed by atoms with E-state index in [1.807, 2.05) is 0 Å². The van der Waals surface area contributed by atoms with E-state index in [4.69, 9.17) is 9.47 Å². The summed E-state index contributed by atoms with van der Waals surface area (Å²) in [5, 5.41) is 19.2. The fraction of sp³-hybridized carbons (Fsp3) is 1.00.